The van der Waals surface area contributed by atoms with Crippen molar-refractivity contribution in [3.8, 4) is 0 Å². The summed E-state index contributed by atoms with van der Waals surface area (Å²) in [7, 11) is 0. The van der Waals surface area contributed by atoms with Crippen LogP contribution in [0.5, 0.6) is 0 Å². The third-order valence-electron chi connectivity index (χ3n) is 3.75. The van der Waals surface area contributed by atoms with Gasteiger partial charge in [0.25, 0.3) is 0 Å². The molecular weight excluding hydrogens is 162 g/mol. The molecule has 2 rings (SSSR count). The van der Waals surface area contributed by atoms with Crippen molar-refractivity contribution in [3.63, 3.8) is 0 Å². The highest BCUT2D eigenvalue weighted by Gasteiger charge is 2.54. The zero-order valence-corrected chi connectivity index (χ0v) is 8.93. The molecule has 1 saturated heterocycles. The van der Waals surface area contributed by atoms with Crippen LogP contribution < -0.4 is 5.32 Å². The first kappa shape index (κ1) is 9.47. The van der Waals surface area contributed by atoms with Crippen molar-refractivity contribution >= 4 is 0 Å². The van der Waals surface area contributed by atoms with Crippen LogP contribution in [0.25, 0.3) is 0 Å². The van der Waals surface area contributed by atoms with Crippen LogP contribution in [0.3, 0.4) is 0 Å². The Bertz CT molecular complexity index is 209. The summed E-state index contributed by atoms with van der Waals surface area (Å²) in [5.74, 6) is 0. The van der Waals surface area contributed by atoms with Crippen molar-refractivity contribution in [1.82, 2.24) is 5.32 Å². The topological polar surface area (TPSA) is 32.3 Å². The van der Waals surface area contributed by atoms with Crippen molar-refractivity contribution in [2.45, 2.75) is 52.2 Å². The van der Waals surface area contributed by atoms with Crippen molar-refractivity contribution < 1.29 is 5.11 Å². The van der Waals surface area contributed by atoms with Crippen molar-refractivity contribution in [2.75, 3.05) is 6.54 Å². The van der Waals surface area contributed by atoms with E-state index < -0.39 is 0 Å². The maximum atomic E-state index is 9.59. The normalized spacial score (nSPS) is 45.2. The van der Waals surface area contributed by atoms with Crippen LogP contribution in [0.1, 0.15) is 40.0 Å². The quantitative estimate of drug-likeness (QED) is 0.597. The van der Waals surface area contributed by atoms with Crippen LogP contribution in [0.15, 0.2) is 0 Å². The maximum Gasteiger partial charge on any atom is 0.0546 e. The second kappa shape index (κ2) is 2.71. The lowest BCUT2D eigenvalue weighted by Gasteiger charge is -2.54. The van der Waals surface area contributed by atoms with E-state index in [-0.39, 0.29) is 6.10 Å². The number of aliphatic hydroxyl groups excluding tert-OH is 1. The lowest BCUT2D eigenvalue weighted by Crippen LogP contribution is -2.66. The molecule has 1 aliphatic carbocycles. The van der Waals surface area contributed by atoms with Gasteiger partial charge < -0.3 is 10.4 Å². The smallest absolute Gasteiger partial charge is 0.0546 e. The molecule has 0 aromatic heterocycles. The summed E-state index contributed by atoms with van der Waals surface area (Å²) in [4.78, 5) is 0. The second-order valence-electron chi connectivity index (χ2n) is 5.94. The highest BCUT2D eigenvalue weighted by atomic mass is 16.3. The number of aliphatic hydroxyl groups is 1. The van der Waals surface area contributed by atoms with Gasteiger partial charge in [-0.15, -0.1) is 0 Å². The largest absolute Gasteiger partial charge is 0.393 e. The van der Waals surface area contributed by atoms with Crippen LogP contribution >= 0.6 is 0 Å². The molecule has 13 heavy (non-hydrogen) atoms. The van der Waals surface area contributed by atoms with E-state index in [1.165, 1.54) is 6.42 Å². The molecule has 76 valence electrons. The lowest BCUT2D eigenvalue weighted by molar-refractivity contribution is 0.00164. The van der Waals surface area contributed by atoms with Crippen LogP contribution in [0.4, 0.5) is 0 Å². The molecule has 1 heterocycles. The lowest BCUT2D eigenvalue weighted by atomic mass is 9.62. The SMILES string of the molecule is CC(C)(C)C1NCC12CC[C@@H](O)C2. The van der Waals surface area contributed by atoms with E-state index in [0.29, 0.717) is 16.9 Å². The summed E-state index contributed by atoms with van der Waals surface area (Å²) >= 11 is 0. The van der Waals surface area contributed by atoms with Crippen LogP contribution in [-0.2, 0) is 0 Å². The number of rotatable bonds is 0. The zero-order valence-electron chi connectivity index (χ0n) is 8.93. The summed E-state index contributed by atoms with van der Waals surface area (Å²) in [6.07, 6.45) is 3.20. The zero-order chi connectivity index (χ0) is 9.69. The van der Waals surface area contributed by atoms with Gasteiger partial charge in [-0.25, -0.2) is 0 Å². The third-order valence-corrected chi connectivity index (χ3v) is 3.75. The minimum absolute atomic E-state index is 0.0352. The van der Waals surface area contributed by atoms with Crippen LogP contribution in [0.2, 0.25) is 0 Å². The highest BCUT2D eigenvalue weighted by molar-refractivity contribution is 5.10. The molecule has 0 radical (unpaired) electrons. The van der Waals surface area contributed by atoms with Gasteiger partial charge in [0, 0.05) is 18.0 Å². The molecular formula is C11H21NO. The van der Waals surface area contributed by atoms with Crippen LogP contribution in [-0.4, -0.2) is 23.8 Å². The molecule has 2 fully saturated rings. The minimum Gasteiger partial charge on any atom is -0.393 e. The molecule has 2 heteroatoms. The van der Waals surface area contributed by atoms with Crippen LogP contribution in [0, 0.1) is 10.8 Å². The molecule has 0 bridgehead atoms. The van der Waals surface area contributed by atoms with E-state index in [9.17, 15) is 5.11 Å². The molecule has 0 aromatic rings. The standard InChI is InChI=1S/C11H21NO/c1-10(2,3)9-11(7-12-9)5-4-8(13)6-11/h8-9,12-13H,4-7H2,1-3H3/t8-,9?,11?/m1/s1. The van der Waals surface area contributed by atoms with Gasteiger partial charge in [0.15, 0.2) is 0 Å². The van der Waals surface area contributed by atoms with Gasteiger partial charge in [0.2, 0.25) is 0 Å². The summed E-state index contributed by atoms with van der Waals surface area (Å²) in [6, 6.07) is 0.608. The number of hydrogen-bond acceptors (Lipinski definition) is 2. The molecule has 2 unspecified atom stereocenters. The molecule has 0 aromatic carbocycles. The van der Waals surface area contributed by atoms with Crippen molar-refractivity contribution in [1.29, 1.82) is 0 Å². The molecule has 0 amide bonds. The summed E-state index contributed by atoms with van der Waals surface area (Å²) < 4.78 is 0. The van der Waals surface area contributed by atoms with E-state index in [4.69, 9.17) is 0 Å². The van der Waals surface area contributed by atoms with E-state index in [1.807, 2.05) is 0 Å². The Morgan fingerprint density at radius 1 is 1.38 bits per heavy atom. The van der Waals surface area contributed by atoms with Gasteiger partial charge in [-0.3, -0.25) is 0 Å². The Morgan fingerprint density at radius 2 is 2.08 bits per heavy atom. The molecule has 1 spiro atoms. The molecule has 2 N–H and O–H groups in total. The first-order valence-electron chi connectivity index (χ1n) is 5.35. The van der Waals surface area contributed by atoms with Gasteiger partial charge in [-0.2, -0.15) is 0 Å². The Labute approximate surface area is 80.7 Å². The van der Waals surface area contributed by atoms with Crippen molar-refractivity contribution in [2.24, 2.45) is 10.8 Å². The van der Waals surface area contributed by atoms with Gasteiger partial charge in [-0.1, -0.05) is 20.8 Å². The fourth-order valence-electron chi connectivity index (χ4n) is 3.27. The van der Waals surface area contributed by atoms with Gasteiger partial charge in [0.1, 0.15) is 0 Å². The molecule has 2 nitrogen and oxygen atoms in total. The van der Waals surface area contributed by atoms with Gasteiger partial charge in [0.05, 0.1) is 6.10 Å². The first-order chi connectivity index (χ1) is 5.94. The van der Waals surface area contributed by atoms with Gasteiger partial charge in [-0.05, 0) is 24.7 Å². The Kier molecular flexibility index (Phi) is 1.97. The van der Waals surface area contributed by atoms with Crippen molar-refractivity contribution in [3.05, 3.63) is 0 Å². The Morgan fingerprint density at radius 3 is 2.38 bits per heavy atom. The summed E-state index contributed by atoms with van der Waals surface area (Å²) in [5.41, 5.74) is 0.764. The maximum absolute atomic E-state index is 9.59. The average molecular weight is 183 g/mol. The summed E-state index contributed by atoms with van der Waals surface area (Å²) in [6.45, 7) is 7.98. The average Bonchev–Trinajstić information content (AvgIpc) is 2.27. The molecule has 1 saturated carbocycles. The Hall–Kier alpha value is -0.0800. The minimum atomic E-state index is -0.0352. The first-order valence-corrected chi connectivity index (χ1v) is 5.35. The number of hydrogen-bond donors (Lipinski definition) is 2. The van der Waals surface area contributed by atoms with E-state index in [2.05, 4.69) is 26.1 Å². The third kappa shape index (κ3) is 1.40. The monoisotopic (exact) mass is 183 g/mol. The fraction of sp³-hybridized carbons (Fsp3) is 1.00. The second-order valence-corrected chi connectivity index (χ2v) is 5.94. The Balaban J connectivity index is 2.09. The van der Waals surface area contributed by atoms with E-state index >= 15 is 0 Å². The highest BCUT2D eigenvalue weighted by Crippen LogP contribution is 2.50. The molecule has 3 atom stereocenters. The number of nitrogens with one attached hydrogen (secondary N) is 1. The predicted molar refractivity (Wildman–Crippen MR) is 53.5 cm³/mol. The molecule has 1 aliphatic heterocycles. The van der Waals surface area contributed by atoms with Gasteiger partial charge >= 0.3 is 0 Å². The van der Waals surface area contributed by atoms with E-state index in [1.54, 1.807) is 0 Å². The van der Waals surface area contributed by atoms with E-state index in [0.717, 1.165) is 19.4 Å². The molecule has 2 aliphatic rings. The fourth-order valence-corrected chi connectivity index (χ4v) is 3.27. The predicted octanol–water partition coefficient (Wildman–Crippen LogP) is 1.54. The summed E-state index contributed by atoms with van der Waals surface area (Å²) in [5, 5.41) is 13.1.